The molecule has 0 amide bonds. The molecular formula is C23H38N4O3. The standard InChI is InChI=1S/C23H38N4O3/c1-23(8-6-7-9-23)17-25-22(24-2)27-12-10-26(11-13-27)16-18-14-19(28-3)21(30-5)20(15-18)29-4/h14-15H,6-13,16-17H2,1-5H3,(H,24,25). The second-order valence-electron chi connectivity index (χ2n) is 8.72. The number of nitrogens with zero attached hydrogens (tertiary/aromatic N) is 3. The summed E-state index contributed by atoms with van der Waals surface area (Å²) in [4.78, 5) is 9.38. The molecule has 1 aliphatic heterocycles. The number of hydrogen-bond acceptors (Lipinski definition) is 5. The lowest BCUT2D eigenvalue weighted by molar-refractivity contribution is 0.171. The third-order valence-electron chi connectivity index (χ3n) is 6.50. The average molecular weight is 419 g/mol. The maximum absolute atomic E-state index is 5.49. The predicted molar refractivity (Wildman–Crippen MR) is 121 cm³/mol. The predicted octanol–water partition coefficient (Wildman–Crippen LogP) is 2.99. The smallest absolute Gasteiger partial charge is 0.203 e. The lowest BCUT2D eigenvalue weighted by Crippen LogP contribution is -2.53. The van der Waals surface area contributed by atoms with Gasteiger partial charge in [0.25, 0.3) is 0 Å². The molecule has 7 heteroatoms. The number of nitrogens with one attached hydrogen (secondary N) is 1. The van der Waals surface area contributed by atoms with E-state index in [9.17, 15) is 0 Å². The zero-order valence-corrected chi connectivity index (χ0v) is 19.3. The first-order valence-corrected chi connectivity index (χ1v) is 11.0. The Balaban J connectivity index is 1.55. The minimum Gasteiger partial charge on any atom is -0.493 e. The quantitative estimate of drug-likeness (QED) is 0.543. The molecular weight excluding hydrogens is 380 g/mol. The lowest BCUT2D eigenvalue weighted by atomic mass is 9.89. The number of guanidine groups is 1. The Bertz CT molecular complexity index is 698. The molecule has 7 nitrogen and oxygen atoms in total. The molecule has 2 aliphatic rings. The van der Waals surface area contributed by atoms with Gasteiger partial charge in [-0.05, 0) is 36.0 Å². The molecule has 0 radical (unpaired) electrons. The van der Waals surface area contributed by atoms with Crippen LogP contribution in [0.3, 0.4) is 0 Å². The van der Waals surface area contributed by atoms with Gasteiger partial charge in [0.05, 0.1) is 21.3 Å². The molecule has 0 aromatic heterocycles. The van der Waals surface area contributed by atoms with Crippen molar-refractivity contribution in [3.8, 4) is 17.2 Å². The van der Waals surface area contributed by atoms with Crippen molar-refractivity contribution in [2.24, 2.45) is 10.4 Å². The van der Waals surface area contributed by atoms with Crippen molar-refractivity contribution in [1.82, 2.24) is 15.1 Å². The van der Waals surface area contributed by atoms with E-state index < -0.39 is 0 Å². The van der Waals surface area contributed by atoms with Crippen LogP contribution >= 0.6 is 0 Å². The fourth-order valence-electron chi connectivity index (χ4n) is 4.63. The molecule has 1 heterocycles. The summed E-state index contributed by atoms with van der Waals surface area (Å²) in [5.41, 5.74) is 1.58. The van der Waals surface area contributed by atoms with Gasteiger partial charge in [0, 0.05) is 46.3 Å². The van der Waals surface area contributed by atoms with Gasteiger partial charge >= 0.3 is 0 Å². The van der Waals surface area contributed by atoms with Crippen molar-refractivity contribution < 1.29 is 14.2 Å². The molecule has 0 unspecified atom stereocenters. The highest BCUT2D eigenvalue weighted by Crippen LogP contribution is 2.38. The van der Waals surface area contributed by atoms with Gasteiger partial charge in [-0.2, -0.15) is 0 Å². The van der Waals surface area contributed by atoms with Crippen LogP contribution in [0.2, 0.25) is 0 Å². The van der Waals surface area contributed by atoms with Crippen LogP contribution in [0.5, 0.6) is 17.2 Å². The van der Waals surface area contributed by atoms with Crippen LogP contribution in [0, 0.1) is 5.41 Å². The van der Waals surface area contributed by atoms with Crippen molar-refractivity contribution in [2.45, 2.75) is 39.2 Å². The largest absolute Gasteiger partial charge is 0.493 e. The molecule has 1 saturated carbocycles. The van der Waals surface area contributed by atoms with Crippen LogP contribution in [-0.2, 0) is 6.54 Å². The average Bonchev–Trinajstić information content (AvgIpc) is 3.21. The number of methoxy groups -OCH3 is 3. The first kappa shape index (κ1) is 22.5. The molecule has 0 spiro atoms. The van der Waals surface area contributed by atoms with Crippen LogP contribution in [0.25, 0.3) is 0 Å². The number of rotatable bonds is 7. The van der Waals surface area contributed by atoms with Gasteiger partial charge in [-0.25, -0.2) is 0 Å². The Morgan fingerprint density at radius 3 is 2.10 bits per heavy atom. The van der Waals surface area contributed by atoms with Gasteiger partial charge in [-0.3, -0.25) is 9.89 Å². The van der Waals surface area contributed by atoms with Gasteiger partial charge in [0.1, 0.15) is 0 Å². The van der Waals surface area contributed by atoms with E-state index in [0.717, 1.165) is 50.8 Å². The third kappa shape index (κ3) is 5.31. The Kier molecular flexibility index (Phi) is 7.69. The maximum Gasteiger partial charge on any atom is 0.203 e. The summed E-state index contributed by atoms with van der Waals surface area (Å²) >= 11 is 0. The summed E-state index contributed by atoms with van der Waals surface area (Å²) < 4.78 is 16.4. The van der Waals surface area contributed by atoms with Gasteiger partial charge in [-0.1, -0.05) is 19.8 Å². The highest BCUT2D eigenvalue weighted by molar-refractivity contribution is 5.80. The van der Waals surface area contributed by atoms with Crippen molar-refractivity contribution in [3.05, 3.63) is 17.7 Å². The van der Waals surface area contributed by atoms with Crippen molar-refractivity contribution >= 4 is 5.96 Å². The number of piperazine rings is 1. The van der Waals surface area contributed by atoms with Crippen LogP contribution in [0.4, 0.5) is 0 Å². The van der Waals surface area contributed by atoms with Crippen LogP contribution in [0.15, 0.2) is 17.1 Å². The number of hydrogen-bond donors (Lipinski definition) is 1. The fourth-order valence-corrected chi connectivity index (χ4v) is 4.63. The van der Waals surface area contributed by atoms with Crippen molar-refractivity contribution in [1.29, 1.82) is 0 Å². The van der Waals surface area contributed by atoms with Gasteiger partial charge in [0.2, 0.25) is 5.75 Å². The van der Waals surface area contributed by atoms with Gasteiger partial charge < -0.3 is 24.4 Å². The zero-order valence-electron chi connectivity index (χ0n) is 19.3. The monoisotopic (exact) mass is 418 g/mol. The summed E-state index contributed by atoms with van der Waals surface area (Å²) in [7, 11) is 6.84. The second-order valence-corrected chi connectivity index (χ2v) is 8.72. The molecule has 2 fully saturated rings. The Labute approximate surface area is 181 Å². The summed E-state index contributed by atoms with van der Waals surface area (Å²) in [6, 6.07) is 4.08. The molecule has 30 heavy (non-hydrogen) atoms. The van der Waals surface area contributed by atoms with E-state index in [1.807, 2.05) is 19.2 Å². The van der Waals surface area contributed by atoms with E-state index in [4.69, 9.17) is 14.2 Å². The molecule has 0 bridgehead atoms. The topological polar surface area (TPSA) is 58.6 Å². The molecule has 1 aromatic rings. The highest BCUT2D eigenvalue weighted by atomic mass is 16.5. The SMILES string of the molecule is CN=C(NCC1(C)CCCC1)N1CCN(Cc2cc(OC)c(OC)c(OC)c2)CC1. The van der Waals surface area contributed by atoms with E-state index in [2.05, 4.69) is 27.0 Å². The summed E-state index contributed by atoms with van der Waals surface area (Å²) in [6.45, 7) is 8.21. The van der Waals surface area contributed by atoms with E-state index in [0.29, 0.717) is 22.7 Å². The minimum atomic E-state index is 0.421. The van der Waals surface area contributed by atoms with E-state index in [-0.39, 0.29) is 0 Å². The highest BCUT2D eigenvalue weighted by Gasteiger charge is 2.29. The summed E-state index contributed by atoms with van der Waals surface area (Å²) in [6.07, 6.45) is 5.35. The third-order valence-corrected chi connectivity index (χ3v) is 6.50. The molecule has 1 N–H and O–H groups in total. The molecule has 1 saturated heterocycles. The van der Waals surface area contributed by atoms with E-state index in [1.165, 1.54) is 25.7 Å². The van der Waals surface area contributed by atoms with E-state index in [1.54, 1.807) is 21.3 Å². The summed E-state index contributed by atoms with van der Waals surface area (Å²) in [5, 5.41) is 3.64. The molecule has 168 valence electrons. The van der Waals surface area contributed by atoms with E-state index >= 15 is 0 Å². The number of ether oxygens (including phenoxy) is 3. The Morgan fingerprint density at radius 1 is 1.00 bits per heavy atom. The van der Waals surface area contributed by atoms with Crippen LogP contribution in [0.1, 0.15) is 38.2 Å². The Morgan fingerprint density at radius 2 is 1.60 bits per heavy atom. The van der Waals surface area contributed by atoms with Crippen LogP contribution < -0.4 is 19.5 Å². The molecule has 1 aromatic carbocycles. The van der Waals surface area contributed by atoms with Crippen LogP contribution in [-0.4, -0.2) is 76.9 Å². The number of aliphatic imine (C=N–C) groups is 1. The molecule has 0 atom stereocenters. The first-order valence-electron chi connectivity index (χ1n) is 11.0. The first-order chi connectivity index (χ1) is 14.5. The van der Waals surface area contributed by atoms with Gasteiger partial charge in [-0.15, -0.1) is 0 Å². The van der Waals surface area contributed by atoms with Crippen molar-refractivity contribution in [3.63, 3.8) is 0 Å². The maximum atomic E-state index is 5.49. The van der Waals surface area contributed by atoms with Gasteiger partial charge in [0.15, 0.2) is 17.5 Å². The summed E-state index contributed by atoms with van der Waals surface area (Å²) in [5.74, 6) is 3.08. The zero-order chi connectivity index (χ0) is 21.6. The van der Waals surface area contributed by atoms with Crippen molar-refractivity contribution in [2.75, 3.05) is 61.1 Å². The second kappa shape index (κ2) is 10.2. The molecule has 1 aliphatic carbocycles. The normalized spacial score (nSPS) is 19.6. The lowest BCUT2D eigenvalue weighted by Gasteiger charge is -2.37. The Hall–Kier alpha value is -2.15. The molecule has 3 rings (SSSR count). The minimum absolute atomic E-state index is 0.421. The number of benzene rings is 1. The fraction of sp³-hybridized carbons (Fsp3) is 0.696.